The molecule has 2 nitrogen and oxygen atoms in total. The number of rotatable bonds is 2. The van der Waals surface area contributed by atoms with Gasteiger partial charge in [0.2, 0.25) is 0 Å². The smallest absolute Gasteiger partial charge is 0.0729 e. The van der Waals surface area contributed by atoms with Crippen LogP contribution in [0.1, 0.15) is 0 Å². The van der Waals surface area contributed by atoms with E-state index in [2.05, 4.69) is 114 Å². The van der Waals surface area contributed by atoms with Crippen molar-refractivity contribution in [1.82, 2.24) is 9.55 Å². The summed E-state index contributed by atoms with van der Waals surface area (Å²) in [6.07, 6.45) is 1.88. The minimum atomic E-state index is 1.00. The Balaban J connectivity index is 1.55. The van der Waals surface area contributed by atoms with Gasteiger partial charge in [-0.3, -0.25) is 4.98 Å². The van der Waals surface area contributed by atoms with Crippen LogP contribution in [0, 0.1) is 0 Å². The maximum atomic E-state index is 4.77. The molecule has 0 saturated heterocycles. The highest BCUT2D eigenvalue weighted by Crippen LogP contribution is 2.41. The van der Waals surface area contributed by atoms with E-state index in [1.807, 2.05) is 23.6 Å². The maximum absolute atomic E-state index is 4.77. The van der Waals surface area contributed by atoms with E-state index < -0.39 is 0 Å². The summed E-state index contributed by atoms with van der Waals surface area (Å²) in [5.41, 5.74) is 6.96. The number of thiophene rings is 1. The first-order valence-corrected chi connectivity index (χ1v) is 13.0. The molecule has 0 aliphatic heterocycles. The largest absolute Gasteiger partial charge is 0.309 e. The van der Waals surface area contributed by atoms with Crippen molar-refractivity contribution in [1.29, 1.82) is 0 Å². The monoisotopic (exact) mass is 476 g/mol. The predicted molar refractivity (Wildman–Crippen MR) is 154 cm³/mol. The minimum absolute atomic E-state index is 1.00. The molecule has 0 aliphatic rings. The van der Waals surface area contributed by atoms with Gasteiger partial charge in [-0.05, 0) is 59.7 Å². The Morgan fingerprint density at radius 1 is 0.500 bits per heavy atom. The Labute approximate surface area is 211 Å². The zero-order valence-electron chi connectivity index (χ0n) is 19.3. The molecule has 0 amide bonds. The molecule has 5 aromatic carbocycles. The highest BCUT2D eigenvalue weighted by molar-refractivity contribution is 7.25. The molecule has 0 atom stereocenters. The van der Waals surface area contributed by atoms with Crippen LogP contribution in [0.2, 0.25) is 0 Å². The van der Waals surface area contributed by atoms with Crippen LogP contribution in [0.15, 0.2) is 121 Å². The van der Waals surface area contributed by atoms with Crippen LogP contribution in [0.3, 0.4) is 0 Å². The lowest BCUT2D eigenvalue weighted by molar-refractivity contribution is 1.20. The van der Waals surface area contributed by atoms with Gasteiger partial charge in [-0.25, -0.2) is 0 Å². The summed E-state index contributed by atoms with van der Waals surface area (Å²) in [4.78, 5) is 4.77. The minimum Gasteiger partial charge on any atom is -0.309 e. The van der Waals surface area contributed by atoms with Crippen LogP contribution >= 0.6 is 11.3 Å². The molecule has 168 valence electrons. The molecule has 0 saturated carbocycles. The van der Waals surface area contributed by atoms with Gasteiger partial charge in [0.05, 0.1) is 22.2 Å². The Morgan fingerprint density at radius 2 is 1.28 bits per heavy atom. The van der Waals surface area contributed by atoms with Crippen LogP contribution < -0.4 is 0 Å². The normalized spacial score (nSPS) is 11.9. The second-order valence-electron chi connectivity index (χ2n) is 9.25. The molecule has 8 aromatic rings. The van der Waals surface area contributed by atoms with Gasteiger partial charge < -0.3 is 4.57 Å². The number of hydrogen-bond donors (Lipinski definition) is 0. The lowest BCUT2D eigenvalue weighted by Crippen LogP contribution is -1.97. The third-order valence-corrected chi connectivity index (χ3v) is 8.35. The van der Waals surface area contributed by atoms with Gasteiger partial charge in [0, 0.05) is 42.5 Å². The van der Waals surface area contributed by atoms with Gasteiger partial charge in [0.1, 0.15) is 0 Å². The average molecular weight is 477 g/mol. The quantitative estimate of drug-likeness (QED) is 0.243. The van der Waals surface area contributed by atoms with E-state index in [9.17, 15) is 0 Å². The molecular weight excluding hydrogens is 456 g/mol. The average Bonchev–Trinajstić information content (AvgIpc) is 3.46. The number of hydrogen-bond acceptors (Lipinski definition) is 2. The molecule has 0 aliphatic carbocycles. The molecule has 0 N–H and O–H groups in total. The van der Waals surface area contributed by atoms with E-state index in [-0.39, 0.29) is 0 Å². The Hall–Kier alpha value is -4.47. The zero-order chi connectivity index (χ0) is 23.6. The molecule has 3 heteroatoms. The van der Waals surface area contributed by atoms with Crippen molar-refractivity contribution >= 4 is 64.2 Å². The highest BCUT2D eigenvalue weighted by atomic mass is 32.1. The first-order valence-electron chi connectivity index (χ1n) is 12.1. The molecule has 0 bridgehead atoms. The standard InChI is InChI=1S/C33H20N2S/c1-2-9-21(10-3-1)22-17-28-25(13-8-16-34-28)30(18-22)35-29-14-6-4-11-23(29)26-20-33-27(19-31(26)35)24-12-5-7-15-32(24)36-33/h1-20H. The van der Waals surface area contributed by atoms with Crippen LogP contribution in [-0.4, -0.2) is 9.55 Å². The highest BCUT2D eigenvalue weighted by Gasteiger charge is 2.18. The summed E-state index contributed by atoms with van der Waals surface area (Å²) < 4.78 is 5.10. The molecule has 8 rings (SSSR count). The topological polar surface area (TPSA) is 17.8 Å². The first-order chi connectivity index (χ1) is 17.8. The summed E-state index contributed by atoms with van der Waals surface area (Å²) >= 11 is 1.87. The Bertz CT molecular complexity index is 2100. The molecule has 0 unspecified atom stereocenters. The third kappa shape index (κ3) is 2.81. The number of fused-ring (bicyclic) bond motifs is 7. The van der Waals surface area contributed by atoms with Gasteiger partial charge in [-0.15, -0.1) is 11.3 Å². The van der Waals surface area contributed by atoms with Crippen molar-refractivity contribution in [3.8, 4) is 16.8 Å². The lowest BCUT2D eigenvalue weighted by Gasteiger charge is -2.14. The van der Waals surface area contributed by atoms with E-state index >= 15 is 0 Å². The van der Waals surface area contributed by atoms with Crippen molar-refractivity contribution in [2.75, 3.05) is 0 Å². The number of pyridine rings is 1. The van der Waals surface area contributed by atoms with Crippen LogP contribution in [0.5, 0.6) is 0 Å². The number of benzene rings is 5. The molecule has 0 radical (unpaired) electrons. The van der Waals surface area contributed by atoms with E-state index in [1.165, 1.54) is 53.1 Å². The Kier molecular flexibility index (Phi) is 4.13. The Morgan fingerprint density at radius 3 is 2.19 bits per heavy atom. The molecule has 0 fully saturated rings. The van der Waals surface area contributed by atoms with Crippen LogP contribution in [0.4, 0.5) is 0 Å². The summed E-state index contributed by atoms with van der Waals surface area (Å²) in [5.74, 6) is 0. The van der Waals surface area contributed by atoms with Crippen LogP contribution in [0.25, 0.3) is 69.7 Å². The second kappa shape index (κ2) is 7.51. The molecule has 36 heavy (non-hydrogen) atoms. The van der Waals surface area contributed by atoms with Gasteiger partial charge in [-0.2, -0.15) is 0 Å². The van der Waals surface area contributed by atoms with Crippen LogP contribution in [-0.2, 0) is 0 Å². The van der Waals surface area contributed by atoms with Gasteiger partial charge in [0.25, 0.3) is 0 Å². The molecule has 0 spiro atoms. The van der Waals surface area contributed by atoms with Crippen molar-refractivity contribution in [3.05, 3.63) is 121 Å². The third-order valence-electron chi connectivity index (χ3n) is 7.22. The van der Waals surface area contributed by atoms with E-state index in [0.29, 0.717) is 0 Å². The summed E-state index contributed by atoms with van der Waals surface area (Å²) in [6.45, 7) is 0. The van der Waals surface area contributed by atoms with E-state index in [0.717, 1.165) is 16.6 Å². The van der Waals surface area contributed by atoms with E-state index in [4.69, 9.17) is 4.98 Å². The van der Waals surface area contributed by atoms with Gasteiger partial charge in [0.15, 0.2) is 0 Å². The maximum Gasteiger partial charge on any atom is 0.0729 e. The molecule has 3 heterocycles. The fourth-order valence-electron chi connectivity index (χ4n) is 5.59. The lowest BCUT2D eigenvalue weighted by atomic mass is 10.0. The summed E-state index contributed by atoms with van der Waals surface area (Å²) in [6, 6.07) is 41.6. The van der Waals surface area contributed by atoms with Gasteiger partial charge >= 0.3 is 0 Å². The van der Waals surface area contributed by atoms with Crippen molar-refractivity contribution < 1.29 is 0 Å². The van der Waals surface area contributed by atoms with Gasteiger partial charge in [-0.1, -0.05) is 66.7 Å². The summed E-state index contributed by atoms with van der Waals surface area (Å²) in [5, 5.41) is 6.34. The number of aromatic nitrogens is 2. The molecule has 3 aromatic heterocycles. The van der Waals surface area contributed by atoms with Crippen molar-refractivity contribution in [2.45, 2.75) is 0 Å². The molecular formula is C33H20N2S. The fourth-order valence-corrected chi connectivity index (χ4v) is 6.72. The van der Waals surface area contributed by atoms with E-state index in [1.54, 1.807) is 0 Å². The number of nitrogens with zero attached hydrogens (tertiary/aromatic N) is 2. The first kappa shape index (κ1) is 19.8. The van der Waals surface area contributed by atoms with Crippen molar-refractivity contribution in [2.24, 2.45) is 0 Å². The number of para-hydroxylation sites is 1. The SMILES string of the molecule is c1ccc(-c2cc(-n3c4ccccc4c4cc5sc6ccccc6c5cc43)c3cccnc3c2)cc1. The van der Waals surface area contributed by atoms with Crippen molar-refractivity contribution in [3.63, 3.8) is 0 Å². The predicted octanol–water partition coefficient (Wildman–Crippen LogP) is 9.37. The fraction of sp³-hybridized carbons (Fsp3) is 0. The summed E-state index contributed by atoms with van der Waals surface area (Å²) in [7, 11) is 0. The second-order valence-corrected chi connectivity index (χ2v) is 10.3. The zero-order valence-corrected chi connectivity index (χ0v) is 20.2.